The molecule has 0 amide bonds. The molecular formula is C26H32NO5+. The quantitative estimate of drug-likeness (QED) is 0.726. The Labute approximate surface area is 189 Å². The van der Waals surface area contributed by atoms with E-state index in [1.54, 1.807) is 19.1 Å². The summed E-state index contributed by atoms with van der Waals surface area (Å²) in [5.74, 6) is 2.80. The topological polar surface area (TPSA) is 58.4 Å². The molecule has 0 radical (unpaired) electrons. The van der Waals surface area contributed by atoms with Crippen LogP contribution in [-0.2, 0) is 16.0 Å². The predicted molar refractivity (Wildman–Crippen MR) is 120 cm³/mol. The molecule has 6 heteroatoms. The van der Waals surface area contributed by atoms with Crippen LogP contribution >= 0.6 is 0 Å². The van der Waals surface area contributed by atoms with Gasteiger partial charge in [-0.3, -0.25) is 4.79 Å². The monoisotopic (exact) mass is 438 g/mol. The van der Waals surface area contributed by atoms with Crippen LogP contribution in [-0.4, -0.2) is 38.9 Å². The van der Waals surface area contributed by atoms with E-state index < -0.39 is 0 Å². The Morgan fingerprint density at radius 3 is 2.53 bits per heavy atom. The molecular weight excluding hydrogens is 406 g/mol. The van der Waals surface area contributed by atoms with E-state index in [2.05, 4.69) is 6.07 Å². The van der Waals surface area contributed by atoms with Gasteiger partial charge in [0.05, 0.1) is 32.4 Å². The normalized spacial score (nSPS) is 27.2. The fourth-order valence-corrected chi connectivity index (χ4v) is 5.67. The Morgan fingerprint density at radius 1 is 0.969 bits per heavy atom. The lowest BCUT2D eigenvalue weighted by Gasteiger charge is -2.44. The highest BCUT2D eigenvalue weighted by Crippen LogP contribution is 2.41. The summed E-state index contributed by atoms with van der Waals surface area (Å²) < 4.78 is 23.7. The predicted octanol–water partition coefficient (Wildman–Crippen LogP) is 3.63. The van der Waals surface area contributed by atoms with E-state index in [0.717, 1.165) is 42.0 Å². The lowest BCUT2D eigenvalue weighted by Crippen LogP contribution is -3.18. The zero-order chi connectivity index (χ0) is 22.1. The van der Waals surface area contributed by atoms with Crippen LogP contribution in [0.25, 0.3) is 0 Å². The molecule has 6 rings (SSSR count). The lowest BCUT2D eigenvalue weighted by atomic mass is 9.84. The van der Waals surface area contributed by atoms with E-state index >= 15 is 0 Å². The average Bonchev–Trinajstić information content (AvgIpc) is 2.82. The first-order valence-electron chi connectivity index (χ1n) is 11.7. The van der Waals surface area contributed by atoms with Crippen LogP contribution in [0, 0.1) is 0 Å². The molecule has 4 bridgehead atoms. The van der Waals surface area contributed by atoms with Gasteiger partial charge in [0, 0.05) is 25.3 Å². The summed E-state index contributed by atoms with van der Waals surface area (Å²) in [5, 5.41) is 0. The van der Waals surface area contributed by atoms with Crippen molar-refractivity contribution < 1.29 is 28.6 Å². The third-order valence-corrected chi connectivity index (χ3v) is 7.24. The first-order valence-corrected chi connectivity index (χ1v) is 11.7. The van der Waals surface area contributed by atoms with E-state index in [-0.39, 0.29) is 18.1 Å². The fourth-order valence-electron chi connectivity index (χ4n) is 5.67. The second-order valence-corrected chi connectivity index (χ2v) is 9.14. The number of piperidine rings is 2. The highest BCUT2D eigenvalue weighted by molar-refractivity contribution is 5.70. The third kappa shape index (κ3) is 4.16. The van der Waals surface area contributed by atoms with Gasteiger partial charge in [-0.05, 0) is 49.4 Å². The van der Waals surface area contributed by atoms with E-state index in [1.165, 1.54) is 19.3 Å². The van der Waals surface area contributed by atoms with Crippen molar-refractivity contribution in [3.63, 3.8) is 0 Å². The molecule has 2 fully saturated rings. The van der Waals surface area contributed by atoms with Crippen LogP contribution in [0.5, 0.6) is 23.0 Å². The molecule has 4 atom stereocenters. The summed E-state index contributed by atoms with van der Waals surface area (Å²) in [6.45, 7) is 1.12. The summed E-state index contributed by atoms with van der Waals surface area (Å²) in [5.41, 5.74) is 2.19. The van der Waals surface area contributed by atoms with Crippen molar-refractivity contribution in [2.75, 3.05) is 20.8 Å². The average molecular weight is 439 g/mol. The minimum atomic E-state index is -0.0991. The second-order valence-electron chi connectivity index (χ2n) is 9.14. The van der Waals surface area contributed by atoms with Crippen molar-refractivity contribution in [3.05, 3.63) is 47.5 Å². The molecule has 2 aromatic carbocycles. The number of nitrogens with one attached hydrogen (secondary N) is 1. The maximum Gasteiger partial charge on any atom is 0.306 e. The molecule has 4 unspecified atom stereocenters. The van der Waals surface area contributed by atoms with Crippen LogP contribution in [0.4, 0.5) is 0 Å². The number of carbonyl (C=O) groups is 1. The first-order chi connectivity index (χ1) is 15.6. The van der Waals surface area contributed by atoms with Gasteiger partial charge in [-0.1, -0.05) is 12.1 Å². The molecule has 0 aromatic heterocycles. The fraction of sp³-hybridized carbons (Fsp3) is 0.500. The smallest absolute Gasteiger partial charge is 0.306 e. The van der Waals surface area contributed by atoms with Crippen molar-refractivity contribution in [1.29, 1.82) is 0 Å². The number of benzene rings is 2. The van der Waals surface area contributed by atoms with E-state index in [1.807, 2.05) is 30.3 Å². The van der Waals surface area contributed by atoms with Crippen molar-refractivity contribution in [1.82, 2.24) is 0 Å². The summed E-state index contributed by atoms with van der Waals surface area (Å²) in [4.78, 5) is 14.2. The van der Waals surface area contributed by atoms with Crippen LogP contribution in [0.1, 0.15) is 55.7 Å². The molecule has 4 aliphatic heterocycles. The molecule has 4 heterocycles. The molecule has 0 spiro atoms. The maximum absolute atomic E-state index is 12.7. The van der Waals surface area contributed by atoms with Crippen LogP contribution in [0.15, 0.2) is 36.4 Å². The molecule has 6 nitrogen and oxygen atoms in total. The van der Waals surface area contributed by atoms with Gasteiger partial charge >= 0.3 is 5.97 Å². The molecule has 170 valence electrons. The number of rotatable bonds is 2. The number of esters is 1. The Kier molecular flexibility index (Phi) is 5.96. The summed E-state index contributed by atoms with van der Waals surface area (Å²) in [7, 11) is 3.30. The minimum absolute atomic E-state index is 0.0656. The van der Waals surface area contributed by atoms with Crippen molar-refractivity contribution in [3.8, 4) is 23.0 Å². The van der Waals surface area contributed by atoms with Gasteiger partial charge in [0.2, 0.25) is 0 Å². The Hall–Kier alpha value is -2.73. The number of carbonyl (C=O) groups excluding carboxylic acids is 1. The largest absolute Gasteiger partial charge is 0.493 e. The molecule has 2 aromatic rings. The Balaban J connectivity index is 1.63. The van der Waals surface area contributed by atoms with Gasteiger partial charge in [-0.15, -0.1) is 0 Å². The molecule has 4 aliphatic rings. The van der Waals surface area contributed by atoms with Gasteiger partial charge < -0.3 is 23.8 Å². The Morgan fingerprint density at radius 2 is 1.75 bits per heavy atom. The second kappa shape index (κ2) is 9.02. The van der Waals surface area contributed by atoms with Crippen molar-refractivity contribution in [2.24, 2.45) is 0 Å². The number of aryl methyl sites for hydroxylation is 1. The van der Waals surface area contributed by atoms with E-state index in [9.17, 15) is 4.79 Å². The highest BCUT2D eigenvalue weighted by atomic mass is 16.5. The molecule has 2 saturated heterocycles. The summed E-state index contributed by atoms with van der Waals surface area (Å²) >= 11 is 0. The first kappa shape index (κ1) is 21.1. The van der Waals surface area contributed by atoms with Crippen LogP contribution in [0.3, 0.4) is 0 Å². The molecule has 32 heavy (non-hydrogen) atoms. The number of hydrogen-bond donors (Lipinski definition) is 1. The van der Waals surface area contributed by atoms with Gasteiger partial charge in [-0.25, -0.2) is 0 Å². The zero-order valence-corrected chi connectivity index (χ0v) is 18.9. The third-order valence-electron chi connectivity index (χ3n) is 7.24. The highest BCUT2D eigenvalue weighted by Gasteiger charge is 2.44. The van der Waals surface area contributed by atoms with Gasteiger partial charge in [0.25, 0.3) is 0 Å². The summed E-state index contributed by atoms with van der Waals surface area (Å²) in [6, 6.07) is 12.6. The number of methoxy groups -OCH3 is 2. The van der Waals surface area contributed by atoms with Crippen molar-refractivity contribution >= 4 is 5.97 Å². The Bertz CT molecular complexity index is 973. The van der Waals surface area contributed by atoms with Gasteiger partial charge in [0.15, 0.2) is 11.5 Å². The molecule has 1 N–H and O–H groups in total. The van der Waals surface area contributed by atoms with Crippen LogP contribution < -0.4 is 19.1 Å². The number of hydrogen-bond acceptors (Lipinski definition) is 5. The number of ether oxygens (including phenoxy) is 4. The SMILES string of the molecule is COc1cc2c(cc1OC)C1CC(CC3CCCC[NH+]31)OC(=O)CCc1ccc(cc1)O2. The zero-order valence-electron chi connectivity index (χ0n) is 18.9. The summed E-state index contributed by atoms with van der Waals surface area (Å²) in [6.07, 6.45) is 6.38. The molecule has 0 aliphatic carbocycles. The van der Waals surface area contributed by atoms with Crippen molar-refractivity contribution in [2.45, 2.75) is 63.1 Å². The minimum Gasteiger partial charge on any atom is -0.493 e. The van der Waals surface area contributed by atoms with E-state index in [0.29, 0.717) is 30.4 Å². The van der Waals surface area contributed by atoms with E-state index in [4.69, 9.17) is 18.9 Å². The van der Waals surface area contributed by atoms with Crippen LogP contribution in [0.2, 0.25) is 0 Å². The molecule has 0 saturated carbocycles. The number of quaternary nitrogens is 1. The van der Waals surface area contributed by atoms with Gasteiger partial charge in [-0.2, -0.15) is 0 Å². The lowest BCUT2D eigenvalue weighted by molar-refractivity contribution is -0.967. The maximum atomic E-state index is 12.7. The number of fused-ring (bicyclic) bond motifs is 6. The van der Waals surface area contributed by atoms with Gasteiger partial charge in [0.1, 0.15) is 23.6 Å². The standard InChI is InChI=1S/C26H31NO5/c1-29-24-15-21-22-14-20(13-18-5-3-4-12-27(18)22)32-26(28)11-8-17-6-9-19(10-7-17)31-23(21)16-25(24)30-2/h6-7,9-10,15-16,18,20,22H,3-5,8,11-14H2,1-2H3/p+1.